The fourth-order valence-corrected chi connectivity index (χ4v) is 2.34. The van der Waals surface area contributed by atoms with Gasteiger partial charge in [0.2, 0.25) is 0 Å². The van der Waals surface area contributed by atoms with Gasteiger partial charge in [0, 0.05) is 23.7 Å². The van der Waals surface area contributed by atoms with Crippen molar-refractivity contribution in [3.63, 3.8) is 0 Å². The molecule has 0 unspecified atom stereocenters. The SMILES string of the molecule is CCCN(CC)C(=O)c1cc(N)c(C)s1. The van der Waals surface area contributed by atoms with Gasteiger partial charge in [-0.05, 0) is 26.3 Å². The average Bonchev–Trinajstić information content (AvgIpc) is 2.55. The Bertz CT molecular complexity index is 327. The quantitative estimate of drug-likeness (QED) is 0.857. The lowest BCUT2D eigenvalue weighted by molar-refractivity contribution is 0.0769. The molecule has 1 rings (SSSR count). The van der Waals surface area contributed by atoms with Crippen molar-refractivity contribution in [2.45, 2.75) is 27.2 Å². The van der Waals surface area contributed by atoms with Gasteiger partial charge in [-0.15, -0.1) is 11.3 Å². The van der Waals surface area contributed by atoms with Crippen LogP contribution in [0.3, 0.4) is 0 Å². The Morgan fingerprint density at radius 2 is 2.20 bits per heavy atom. The van der Waals surface area contributed by atoms with Crippen LogP contribution in [0.1, 0.15) is 34.8 Å². The minimum Gasteiger partial charge on any atom is -0.398 e. The molecule has 0 aliphatic carbocycles. The molecule has 0 bridgehead atoms. The molecule has 0 spiro atoms. The van der Waals surface area contributed by atoms with Crippen LogP contribution in [-0.2, 0) is 0 Å². The molecular formula is C11H18N2OS. The van der Waals surface area contributed by atoms with Crippen molar-refractivity contribution >= 4 is 22.9 Å². The van der Waals surface area contributed by atoms with Gasteiger partial charge in [-0.25, -0.2) is 0 Å². The first-order chi connectivity index (χ1) is 7.10. The molecule has 1 heterocycles. The number of rotatable bonds is 4. The van der Waals surface area contributed by atoms with Crippen LogP contribution < -0.4 is 5.73 Å². The fourth-order valence-electron chi connectivity index (χ4n) is 1.43. The van der Waals surface area contributed by atoms with Gasteiger partial charge in [0.1, 0.15) is 0 Å². The maximum absolute atomic E-state index is 12.0. The highest BCUT2D eigenvalue weighted by Gasteiger charge is 2.16. The highest BCUT2D eigenvalue weighted by atomic mass is 32.1. The summed E-state index contributed by atoms with van der Waals surface area (Å²) < 4.78 is 0. The average molecular weight is 226 g/mol. The minimum atomic E-state index is 0.101. The summed E-state index contributed by atoms with van der Waals surface area (Å²) in [6.07, 6.45) is 0.986. The maximum Gasteiger partial charge on any atom is 0.263 e. The Morgan fingerprint density at radius 1 is 1.53 bits per heavy atom. The summed E-state index contributed by atoms with van der Waals surface area (Å²) in [5.41, 5.74) is 6.45. The number of carbonyl (C=O) groups excluding carboxylic acids is 1. The summed E-state index contributed by atoms with van der Waals surface area (Å²) in [5, 5.41) is 0. The lowest BCUT2D eigenvalue weighted by Crippen LogP contribution is -2.30. The van der Waals surface area contributed by atoms with Gasteiger partial charge < -0.3 is 10.6 Å². The first-order valence-corrected chi connectivity index (χ1v) is 6.07. The molecule has 0 aliphatic heterocycles. The fraction of sp³-hybridized carbons (Fsp3) is 0.545. The third-order valence-corrected chi connectivity index (χ3v) is 3.38. The van der Waals surface area contributed by atoms with Crippen LogP contribution in [0.5, 0.6) is 0 Å². The van der Waals surface area contributed by atoms with E-state index in [9.17, 15) is 4.79 Å². The Hall–Kier alpha value is -1.03. The van der Waals surface area contributed by atoms with Gasteiger partial charge in [0.25, 0.3) is 5.91 Å². The molecule has 0 aromatic carbocycles. The van der Waals surface area contributed by atoms with Gasteiger partial charge in [-0.3, -0.25) is 4.79 Å². The second-order valence-electron chi connectivity index (χ2n) is 3.51. The van der Waals surface area contributed by atoms with Crippen molar-refractivity contribution in [3.8, 4) is 0 Å². The van der Waals surface area contributed by atoms with E-state index in [1.54, 1.807) is 6.07 Å². The first-order valence-electron chi connectivity index (χ1n) is 5.25. The van der Waals surface area contributed by atoms with E-state index in [1.807, 2.05) is 18.7 Å². The second kappa shape index (κ2) is 5.16. The maximum atomic E-state index is 12.0. The van der Waals surface area contributed by atoms with Crippen LogP contribution in [0.15, 0.2) is 6.07 Å². The molecule has 1 aromatic rings. The highest BCUT2D eigenvalue weighted by molar-refractivity contribution is 7.14. The zero-order valence-corrected chi connectivity index (χ0v) is 10.4. The van der Waals surface area contributed by atoms with E-state index in [2.05, 4.69) is 6.92 Å². The van der Waals surface area contributed by atoms with Crippen molar-refractivity contribution in [1.82, 2.24) is 4.90 Å². The number of anilines is 1. The summed E-state index contributed by atoms with van der Waals surface area (Å²) in [7, 11) is 0. The number of hydrogen-bond acceptors (Lipinski definition) is 3. The van der Waals surface area contributed by atoms with E-state index < -0.39 is 0 Å². The van der Waals surface area contributed by atoms with Crippen LogP contribution in [-0.4, -0.2) is 23.9 Å². The topological polar surface area (TPSA) is 46.3 Å². The number of nitrogen functional groups attached to an aromatic ring is 1. The molecule has 1 aromatic heterocycles. The summed E-state index contributed by atoms with van der Waals surface area (Å²) >= 11 is 1.48. The molecule has 3 nitrogen and oxygen atoms in total. The minimum absolute atomic E-state index is 0.101. The molecule has 0 aliphatic rings. The molecule has 15 heavy (non-hydrogen) atoms. The monoisotopic (exact) mass is 226 g/mol. The van der Waals surface area contributed by atoms with Crippen molar-refractivity contribution in [3.05, 3.63) is 15.8 Å². The molecule has 1 amide bonds. The molecule has 0 saturated heterocycles. The van der Waals surface area contributed by atoms with Crippen LogP contribution in [0.2, 0.25) is 0 Å². The van der Waals surface area contributed by atoms with Crippen molar-refractivity contribution in [1.29, 1.82) is 0 Å². The number of aryl methyl sites for hydroxylation is 1. The Labute approximate surface area is 94.9 Å². The summed E-state index contributed by atoms with van der Waals surface area (Å²) in [6.45, 7) is 7.57. The molecule has 0 saturated carbocycles. The van der Waals surface area contributed by atoms with Gasteiger partial charge >= 0.3 is 0 Å². The normalized spacial score (nSPS) is 10.3. The molecule has 2 N–H and O–H groups in total. The van der Waals surface area contributed by atoms with Crippen molar-refractivity contribution in [2.24, 2.45) is 0 Å². The van der Waals surface area contributed by atoms with E-state index in [0.29, 0.717) is 0 Å². The number of nitrogens with two attached hydrogens (primary N) is 1. The number of amides is 1. The van der Waals surface area contributed by atoms with E-state index in [1.165, 1.54) is 11.3 Å². The zero-order chi connectivity index (χ0) is 11.4. The standard InChI is InChI=1S/C11H18N2OS/c1-4-6-13(5-2)11(14)10-7-9(12)8(3)15-10/h7H,4-6,12H2,1-3H3. The van der Waals surface area contributed by atoms with Gasteiger partial charge in [0.05, 0.1) is 4.88 Å². The van der Waals surface area contributed by atoms with Crippen LogP contribution >= 0.6 is 11.3 Å². The lowest BCUT2D eigenvalue weighted by atomic mass is 10.3. The zero-order valence-electron chi connectivity index (χ0n) is 9.54. The third kappa shape index (κ3) is 2.72. The Balaban J connectivity index is 2.82. The van der Waals surface area contributed by atoms with Gasteiger partial charge in [-0.2, -0.15) is 0 Å². The number of carbonyl (C=O) groups is 1. The smallest absolute Gasteiger partial charge is 0.263 e. The predicted octanol–water partition coefficient (Wildman–Crippen LogP) is 2.51. The highest BCUT2D eigenvalue weighted by Crippen LogP contribution is 2.24. The lowest BCUT2D eigenvalue weighted by Gasteiger charge is -2.18. The second-order valence-corrected chi connectivity index (χ2v) is 4.76. The van der Waals surface area contributed by atoms with E-state index in [4.69, 9.17) is 5.73 Å². The summed E-state index contributed by atoms with van der Waals surface area (Å²) in [5.74, 6) is 0.101. The van der Waals surface area contributed by atoms with Gasteiger partial charge in [-0.1, -0.05) is 6.92 Å². The molecule has 84 valence electrons. The van der Waals surface area contributed by atoms with Crippen molar-refractivity contribution in [2.75, 3.05) is 18.8 Å². The predicted molar refractivity (Wildman–Crippen MR) is 65.3 cm³/mol. The summed E-state index contributed by atoms with van der Waals surface area (Å²) in [4.78, 5) is 15.6. The molecule has 4 heteroatoms. The molecular weight excluding hydrogens is 208 g/mol. The van der Waals surface area contributed by atoms with E-state index >= 15 is 0 Å². The number of nitrogens with zero attached hydrogens (tertiary/aromatic N) is 1. The van der Waals surface area contributed by atoms with Crippen LogP contribution in [0.4, 0.5) is 5.69 Å². The molecule has 0 fully saturated rings. The third-order valence-electron chi connectivity index (χ3n) is 2.33. The van der Waals surface area contributed by atoms with Crippen molar-refractivity contribution < 1.29 is 4.79 Å². The molecule has 0 atom stereocenters. The van der Waals surface area contributed by atoms with Crippen LogP contribution in [0.25, 0.3) is 0 Å². The number of thiophene rings is 1. The summed E-state index contributed by atoms with van der Waals surface area (Å²) in [6, 6.07) is 1.78. The van der Waals surface area contributed by atoms with E-state index in [0.717, 1.165) is 35.0 Å². The van der Waals surface area contributed by atoms with E-state index in [-0.39, 0.29) is 5.91 Å². The Morgan fingerprint density at radius 3 is 2.60 bits per heavy atom. The largest absolute Gasteiger partial charge is 0.398 e. The van der Waals surface area contributed by atoms with Gasteiger partial charge in [0.15, 0.2) is 0 Å². The van der Waals surface area contributed by atoms with Crippen LogP contribution in [0, 0.1) is 6.92 Å². The number of hydrogen-bond donors (Lipinski definition) is 1. The first kappa shape index (κ1) is 12.0. The molecule has 0 radical (unpaired) electrons. The Kier molecular flexibility index (Phi) is 4.15.